The Morgan fingerprint density at radius 3 is 3.11 bits per heavy atom. The van der Waals surface area contributed by atoms with E-state index in [2.05, 4.69) is 26.1 Å². The molecule has 3 aromatic rings. The molecule has 1 aliphatic rings. The SMILES string of the molecule is Cc1ncc(CN2CCO[C@H](c3cc(CCOc4ccccc4Cl)[nH]n3)C2)s1. The van der Waals surface area contributed by atoms with E-state index in [9.17, 15) is 0 Å². The highest BCUT2D eigenvalue weighted by atomic mass is 35.5. The molecule has 28 heavy (non-hydrogen) atoms. The molecule has 0 saturated carbocycles. The van der Waals surface area contributed by atoms with Gasteiger partial charge in [-0.05, 0) is 25.1 Å². The van der Waals surface area contributed by atoms with Crippen molar-refractivity contribution in [2.45, 2.75) is 26.0 Å². The van der Waals surface area contributed by atoms with Crippen LogP contribution in [0.5, 0.6) is 5.75 Å². The van der Waals surface area contributed by atoms with Crippen LogP contribution in [0.15, 0.2) is 36.5 Å². The number of benzene rings is 1. The smallest absolute Gasteiger partial charge is 0.137 e. The summed E-state index contributed by atoms with van der Waals surface area (Å²) in [7, 11) is 0. The van der Waals surface area contributed by atoms with E-state index in [1.807, 2.05) is 37.4 Å². The van der Waals surface area contributed by atoms with Crippen LogP contribution < -0.4 is 4.74 Å². The van der Waals surface area contributed by atoms with Gasteiger partial charge in [-0.3, -0.25) is 10.00 Å². The van der Waals surface area contributed by atoms with Crippen molar-refractivity contribution in [1.82, 2.24) is 20.1 Å². The highest BCUT2D eigenvalue weighted by molar-refractivity contribution is 7.11. The normalized spacial score (nSPS) is 17.7. The number of nitrogens with one attached hydrogen (secondary N) is 1. The molecule has 1 atom stereocenters. The second-order valence-corrected chi connectivity index (χ2v) is 8.51. The van der Waals surface area contributed by atoms with E-state index in [-0.39, 0.29) is 6.10 Å². The van der Waals surface area contributed by atoms with Crippen LogP contribution in [0.25, 0.3) is 0 Å². The van der Waals surface area contributed by atoms with E-state index in [1.54, 1.807) is 11.3 Å². The fourth-order valence-electron chi connectivity index (χ4n) is 3.23. The van der Waals surface area contributed by atoms with E-state index >= 15 is 0 Å². The summed E-state index contributed by atoms with van der Waals surface area (Å²) in [6, 6.07) is 9.57. The Bertz CT molecular complexity index is 913. The Hall–Kier alpha value is -1.93. The van der Waals surface area contributed by atoms with Crippen molar-refractivity contribution in [3.05, 3.63) is 62.8 Å². The monoisotopic (exact) mass is 418 g/mol. The van der Waals surface area contributed by atoms with Crippen molar-refractivity contribution in [3.8, 4) is 5.75 Å². The fourth-order valence-corrected chi connectivity index (χ4v) is 4.26. The van der Waals surface area contributed by atoms with E-state index in [4.69, 9.17) is 21.1 Å². The Morgan fingerprint density at radius 1 is 1.39 bits per heavy atom. The minimum absolute atomic E-state index is 0.0164. The predicted octanol–water partition coefficient (Wildman–Crippen LogP) is 4.02. The van der Waals surface area contributed by atoms with Crippen LogP contribution in [0.3, 0.4) is 0 Å². The third-order valence-electron chi connectivity index (χ3n) is 4.65. The number of aromatic amines is 1. The average Bonchev–Trinajstić information content (AvgIpc) is 3.33. The van der Waals surface area contributed by atoms with Gasteiger partial charge in [-0.15, -0.1) is 11.3 Å². The summed E-state index contributed by atoms with van der Waals surface area (Å²) < 4.78 is 11.7. The fraction of sp³-hybridized carbons (Fsp3) is 0.400. The summed E-state index contributed by atoms with van der Waals surface area (Å²) in [5, 5.41) is 9.29. The molecule has 1 saturated heterocycles. The number of morpholine rings is 1. The molecular formula is C20H23ClN4O2S. The molecule has 0 amide bonds. The highest BCUT2D eigenvalue weighted by Gasteiger charge is 2.24. The second-order valence-electron chi connectivity index (χ2n) is 6.79. The number of aryl methyl sites for hydroxylation is 1. The third kappa shape index (κ3) is 4.91. The van der Waals surface area contributed by atoms with E-state index < -0.39 is 0 Å². The molecule has 0 radical (unpaired) electrons. The molecule has 6 nitrogen and oxygen atoms in total. The molecule has 0 spiro atoms. The minimum atomic E-state index is -0.0164. The van der Waals surface area contributed by atoms with Crippen molar-refractivity contribution in [2.75, 3.05) is 26.3 Å². The Balaban J connectivity index is 1.30. The lowest BCUT2D eigenvalue weighted by atomic mass is 10.2. The van der Waals surface area contributed by atoms with Crippen LogP contribution in [-0.4, -0.2) is 46.4 Å². The molecule has 1 aromatic carbocycles. The molecule has 148 valence electrons. The number of ether oxygens (including phenoxy) is 2. The first kappa shape index (κ1) is 19.4. The quantitative estimate of drug-likeness (QED) is 0.627. The maximum atomic E-state index is 6.12. The summed E-state index contributed by atoms with van der Waals surface area (Å²) in [6.07, 6.45) is 2.68. The number of hydrogen-bond donors (Lipinski definition) is 1. The van der Waals surface area contributed by atoms with Crippen LogP contribution in [-0.2, 0) is 17.7 Å². The van der Waals surface area contributed by atoms with Crippen molar-refractivity contribution in [3.63, 3.8) is 0 Å². The largest absolute Gasteiger partial charge is 0.492 e. The number of nitrogens with zero attached hydrogens (tertiary/aromatic N) is 3. The van der Waals surface area contributed by atoms with Gasteiger partial charge in [0.25, 0.3) is 0 Å². The van der Waals surface area contributed by atoms with Gasteiger partial charge in [0, 0.05) is 42.8 Å². The number of para-hydroxylation sites is 1. The second kappa shape index (κ2) is 9.05. The van der Waals surface area contributed by atoms with Gasteiger partial charge >= 0.3 is 0 Å². The summed E-state index contributed by atoms with van der Waals surface area (Å²) in [6.45, 7) is 5.95. The number of hydrogen-bond acceptors (Lipinski definition) is 6. The highest BCUT2D eigenvalue weighted by Crippen LogP contribution is 2.25. The van der Waals surface area contributed by atoms with Gasteiger partial charge in [0.2, 0.25) is 0 Å². The lowest BCUT2D eigenvalue weighted by molar-refractivity contribution is -0.0347. The molecule has 0 bridgehead atoms. The van der Waals surface area contributed by atoms with Gasteiger partial charge < -0.3 is 9.47 Å². The standard InChI is InChI=1S/C20H23ClN4O2S/c1-14-22-11-16(28-14)12-25-7-9-27-20(13-25)18-10-15(23-24-18)6-8-26-19-5-3-2-4-17(19)21/h2-5,10-11,20H,6-9,12-13H2,1H3,(H,23,24)/t20-/m0/s1. The van der Waals surface area contributed by atoms with Crippen molar-refractivity contribution in [1.29, 1.82) is 0 Å². The van der Waals surface area contributed by atoms with E-state index in [0.717, 1.165) is 42.5 Å². The Morgan fingerprint density at radius 2 is 2.29 bits per heavy atom. The van der Waals surface area contributed by atoms with Crippen LogP contribution in [0.2, 0.25) is 5.02 Å². The molecule has 0 unspecified atom stereocenters. The van der Waals surface area contributed by atoms with Gasteiger partial charge in [0.1, 0.15) is 11.9 Å². The van der Waals surface area contributed by atoms with Gasteiger partial charge in [0.15, 0.2) is 0 Å². The molecule has 4 rings (SSSR count). The molecule has 1 fully saturated rings. The zero-order valence-corrected chi connectivity index (χ0v) is 17.3. The maximum Gasteiger partial charge on any atom is 0.137 e. The molecule has 0 aliphatic carbocycles. The summed E-state index contributed by atoms with van der Waals surface area (Å²) >= 11 is 7.87. The number of thiazole rings is 1. The van der Waals surface area contributed by atoms with E-state index in [1.165, 1.54) is 4.88 Å². The number of rotatable bonds is 7. The van der Waals surface area contributed by atoms with Crippen molar-refractivity contribution >= 4 is 22.9 Å². The Kier molecular flexibility index (Phi) is 6.26. The van der Waals surface area contributed by atoms with Crippen LogP contribution in [0.1, 0.15) is 27.4 Å². The summed E-state index contributed by atoms with van der Waals surface area (Å²) in [4.78, 5) is 8.03. The first-order chi connectivity index (χ1) is 13.7. The molecule has 1 N–H and O–H groups in total. The topological polar surface area (TPSA) is 63.3 Å². The average molecular weight is 419 g/mol. The van der Waals surface area contributed by atoms with Crippen LogP contribution >= 0.6 is 22.9 Å². The third-order valence-corrected chi connectivity index (χ3v) is 5.86. The molecule has 2 aromatic heterocycles. The van der Waals surface area contributed by atoms with Gasteiger partial charge in [-0.1, -0.05) is 23.7 Å². The zero-order valence-electron chi connectivity index (χ0n) is 15.7. The first-order valence-electron chi connectivity index (χ1n) is 9.34. The Labute approximate surface area is 173 Å². The van der Waals surface area contributed by atoms with Crippen LogP contribution in [0, 0.1) is 6.92 Å². The molecule has 8 heteroatoms. The van der Waals surface area contributed by atoms with Gasteiger partial charge in [-0.2, -0.15) is 5.10 Å². The van der Waals surface area contributed by atoms with Gasteiger partial charge in [0.05, 0.1) is 28.9 Å². The lowest BCUT2D eigenvalue weighted by Crippen LogP contribution is -2.37. The van der Waals surface area contributed by atoms with Gasteiger partial charge in [-0.25, -0.2) is 4.98 Å². The summed E-state index contributed by atoms with van der Waals surface area (Å²) in [5.41, 5.74) is 1.97. The molecule has 3 heterocycles. The predicted molar refractivity (Wildman–Crippen MR) is 110 cm³/mol. The number of H-pyrrole nitrogens is 1. The van der Waals surface area contributed by atoms with Crippen molar-refractivity contribution in [2.24, 2.45) is 0 Å². The maximum absolute atomic E-state index is 6.12. The zero-order chi connectivity index (χ0) is 19.3. The van der Waals surface area contributed by atoms with Crippen molar-refractivity contribution < 1.29 is 9.47 Å². The number of halogens is 1. The first-order valence-corrected chi connectivity index (χ1v) is 10.5. The molecule has 1 aliphatic heterocycles. The minimum Gasteiger partial charge on any atom is -0.492 e. The number of aromatic nitrogens is 3. The summed E-state index contributed by atoms with van der Waals surface area (Å²) in [5.74, 6) is 0.702. The van der Waals surface area contributed by atoms with E-state index in [0.29, 0.717) is 24.0 Å². The lowest BCUT2D eigenvalue weighted by Gasteiger charge is -2.31. The molecular weight excluding hydrogens is 396 g/mol. The van der Waals surface area contributed by atoms with Crippen LogP contribution in [0.4, 0.5) is 0 Å².